The highest BCUT2D eigenvalue weighted by molar-refractivity contribution is 6.06. The van der Waals surface area contributed by atoms with Crippen molar-refractivity contribution in [2.24, 2.45) is 0 Å². The first kappa shape index (κ1) is 16.6. The van der Waals surface area contributed by atoms with Gasteiger partial charge < -0.3 is 14.3 Å². The lowest BCUT2D eigenvalue weighted by atomic mass is 10.1. The van der Waals surface area contributed by atoms with E-state index in [1.54, 1.807) is 49.6 Å². The number of pyridine rings is 1. The number of methoxy groups -OCH3 is 2. The van der Waals surface area contributed by atoms with Gasteiger partial charge in [-0.15, -0.1) is 0 Å². The fourth-order valence-corrected chi connectivity index (χ4v) is 2.86. The molecule has 0 aliphatic carbocycles. The second-order valence-corrected chi connectivity index (χ2v) is 5.73. The standard InChI is InChI=1S/C19H15N3O5/c1-25-12-8-14-16(15(9-12)26-2)17-13(10-20-14)18(23)22(21-17)27-19(24)11-6-4-3-5-7-11/h3-10,21H,1-2H3. The Labute approximate surface area is 152 Å². The minimum Gasteiger partial charge on any atom is -0.497 e. The third-order valence-corrected chi connectivity index (χ3v) is 4.17. The molecule has 27 heavy (non-hydrogen) atoms. The Bertz CT molecular complexity index is 1210. The average Bonchev–Trinajstić information content (AvgIpc) is 3.03. The van der Waals surface area contributed by atoms with Crippen LogP contribution < -0.4 is 19.9 Å². The van der Waals surface area contributed by atoms with Crippen LogP contribution in [0.2, 0.25) is 0 Å². The summed E-state index contributed by atoms with van der Waals surface area (Å²) in [6.07, 6.45) is 1.42. The van der Waals surface area contributed by atoms with Gasteiger partial charge in [0.1, 0.15) is 11.5 Å². The number of aromatic nitrogens is 3. The molecule has 0 saturated heterocycles. The molecule has 2 aromatic carbocycles. The van der Waals surface area contributed by atoms with Gasteiger partial charge in [-0.3, -0.25) is 14.9 Å². The topological polar surface area (TPSA) is 95.4 Å². The van der Waals surface area contributed by atoms with E-state index < -0.39 is 11.5 Å². The van der Waals surface area contributed by atoms with Gasteiger partial charge in [0.05, 0.1) is 41.6 Å². The number of fused-ring (bicyclic) bond motifs is 3. The number of nitrogens with zero attached hydrogens (tertiary/aromatic N) is 2. The van der Waals surface area contributed by atoms with Crippen LogP contribution in [0, 0.1) is 0 Å². The Morgan fingerprint density at radius 2 is 1.89 bits per heavy atom. The van der Waals surface area contributed by atoms with E-state index in [4.69, 9.17) is 14.3 Å². The Hall–Kier alpha value is -3.81. The van der Waals surface area contributed by atoms with Gasteiger partial charge in [-0.05, 0) is 12.1 Å². The summed E-state index contributed by atoms with van der Waals surface area (Å²) in [4.78, 5) is 35.2. The summed E-state index contributed by atoms with van der Waals surface area (Å²) in [7, 11) is 3.05. The molecule has 4 rings (SSSR count). The smallest absolute Gasteiger partial charge is 0.365 e. The van der Waals surface area contributed by atoms with Crippen LogP contribution in [0.15, 0.2) is 53.5 Å². The van der Waals surface area contributed by atoms with Crippen molar-refractivity contribution < 1.29 is 19.1 Å². The van der Waals surface area contributed by atoms with Crippen LogP contribution in [-0.4, -0.2) is 35.1 Å². The molecule has 0 saturated carbocycles. The first-order valence-corrected chi connectivity index (χ1v) is 8.05. The normalized spacial score (nSPS) is 10.9. The second-order valence-electron chi connectivity index (χ2n) is 5.73. The average molecular weight is 365 g/mol. The number of ether oxygens (including phenoxy) is 2. The fourth-order valence-electron chi connectivity index (χ4n) is 2.86. The third-order valence-electron chi connectivity index (χ3n) is 4.17. The van der Waals surface area contributed by atoms with E-state index in [1.165, 1.54) is 13.3 Å². The Morgan fingerprint density at radius 1 is 1.11 bits per heavy atom. The molecule has 0 spiro atoms. The molecule has 4 aromatic rings. The molecule has 0 amide bonds. The van der Waals surface area contributed by atoms with Gasteiger partial charge in [-0.2, -0.15) is 0 Å². The third kappa shape index (κ3) is 2.77. The van der Waals surface area contributed by atoms with Gasteiger partial charge in [-0.1, -0.05) is 23.0 Å². The van der Waals surface area contributed by atoms with Crippen molar-refractivity contribution in [3.05, 3.63) is 64.6 Å². The maximum Gasteiger partial charge on any atom is 0.365 e. The molecule has 0 unspecified atom stereocenters. The SMILES string of the molecule is COc1cc(OC)c2c(c1)ncc1c(=O)n(OC(=O)c3ccccc3)[nH]c12. The van der Waals surface area contributed by atoms with Crippen molar-refractivity contribution >= 4 is 27.8 Å². The van der Waals surface area contributed by atoms with Gasteiger partial charge in [-0.25, -0.2) is 4.79 Å². The number of carbonyl (C=O) groups is 1. The maximum atomic E-state index is 12.6. The van der Waals surface area contributed by atoms with Gasteiger partial charge >= 0.3 is 11.5 Å². The lowest BCUT2D eigenvalue weighted by Crippen LogP contribution is -2.29. The number of nitrogens with one attached hydrogen (secondary N) is 1. The van der Waals surface area contributed by atoms with Crippen LogP contribution in [0.1, 0.15) is 10.4 Å². The Morgan fingerprint density at radius 3 is 2.59 bits per heavy atom. The highest BCUT2D eigenvalue weighted by Gasteiger charge is 2.18. The van der Waals surface area contributed by atoms with Gasteiger partial charge in [0.15, 0.2) is 0 Å². The zero-order valence-corrected chi connectivity index (χ0v) is 14.6. The summed E-state index contributed by atoms with van der Waals surface area (Å²) in [5.41, 5.74) is 0.821. The van der Waals surface area contributed by atoms with E-state index in [-0.39, 0.29) is 5.39 Å². The number of hydrogen-bond acceptors (Lipinski definition) is 6. The number of aromatic amines is 1. The molecule has 0 radical (unpaired) electrons. The number of carbonyl (C=O) groups excluding carboxylic acids is 1. The number of H-pyrrole nitrogens is 1. The van der Waals surface area contributed by atoms with E-state index in [0.717, 1.165) is 4.85 Å². The van der Waals surface area contributed by atoms with Crippen molar-refractivity contribution in [2.75, 3.05) is 14.2 Å². The minimum absolute atomic E-state index is 0.270. The van der Waals surface area contributed by atoms with Gasteiger partial charge in [0.25, 0.3) is 0 Å². The molecule has 0 aliphatic rings. The first-order valence-electron chi connectivity index (χ1n) is 8.05. The first-order chi connectivity index (χ1) is 13.1. The predicted octanol–water partition coefficient (Wildman–Crippen LogP) is 2.16. The minimum atomic E-state index is -0.657. The van der Waals surface area contributed by atoms with Crippen LogP contribution in [0.5, 0.6) is 11.5 Å². The monoisotopic (exact) mass is 365 g/mol. The number of benzene rings is 2. The molecule has 8 heteroatoms. The molecule has 8 nitrogen and oxygen atoms in total. The molecule has 136 valence electrons. The number of rotatable bonds is 4. The van der Waals surface area contributed by atoms with Crippen LogP contribution in [0.4, 0.5) is 0 Å². The Kier molecular flexibility index (Phi) is 4.00. The maximum absolute atomic E-state index is 12.6. The molecular formula is C19H15N3O5. The van der Waals surface area contributed by atoms with E-state index >= 15 is 0 Å². The van der Waals surface area contributed by atoms with Crippen molar-refractivity contribution in [1.29, 1.82) is 0 Å². The van der Waals surface area contributed by atoms with Crippen LogP contribution in [0.25, 0.3) is 21.8 Å². The zero-order valence-electron chi connectivity index (χ0n) is 14.6. The fraction of sp³-hybridized carbons (Fsp3) is 0.105. The Balaban J connectivity index is 1.87. The van der Waals surface area contributed by atoms with Gasteiger partial charge in [0, 0.05) is 18.3 Å². The summed E-state index contributed by atoms with van der Waals surface area (Å²) >= 11 is 0. The molecule has 1 N–H and O–H groups in total. The van der Waals surface area contributed by atoms with Crippen LogP contribution in [-0.2, 0) is 0 Å². The van der Waals surface area contributed by atoms with Crippen molar-refractivity contribution in [3.8, 4) is 11.5 Å². The molecule has 2 heterocycles. The largest absolute Gasteiger partial charge is 0.497 e. The molecule has 0 bridgehead atoms. The van der Waals surface area contributed by atoms with Crippen LogP contribution in [0.3, 0.4) is 0 Å². The summed E-state index contributed by atoms with van der Waals surface area (Å²) in [6, 6.07) is 11.8. The molecule has 0 aliphatic heterocycles. The summed E-state index contributed by atoms with van der Waals surface area (Å²) in [5, 5.41) is 3.68. The van der Waals surface area contributed by atoms with Gasteiger partial charge in [0.2, 0.25) is 0 Å². The molecular weight excluding hydrogens is 350 g/mol. The van der Waals surface area contributed by atoms with Crippen molar-refractivity contribution in [1.82, 2.24) is 14.9 Å². The summed E-state index contributed by atoms with van der Waals surface area (Å²) in [5.74, 6) is 0.392. The van der Waals surface area contributed by atoms with Crippen molar-refractivity contribution in [2.45, 2.75) is 0 Å². The predicted molar refractivity (Wildman–Crippen MR) is 98.3 cm³/mol. The quantitative estimate of drug-likeness (QED) is 0.595. The summed E-state index contributed by atoms with van der Waals surface area (Å²) in [6.45, 7) is 0. The van der Waals surface area contributed by atoms with Crippen LogP contribution >= 0.6 is 0 Å². The molecule has 2 aromatic heterocycles. The highest BCUT2D eigenvalue weighted by Crippen LogP contribution is 2.33. The lowest BCUT2D eigenvalue weighted by molar-refractivity contribution is 0.0380. The van der Waals surface area contributed by atoms with Crippen molar-refractivity contribution in [3.63, 3.8) is 0 Å². The van der Waals surface area contributed by atoms with E-state index in [0.29, 0.717) is 33.5 Å². The van der Waals surface area contributed by atoms with E-state index in [2.05, 4.69) is 10.1 Å². The number of hydrogen-bond donors (Lipinski definition) is 1. The summed E-state index contributed by atoms with van der Waals surface area (Å²) < 4.78 is 10.7. The lowest BCUT2D eigenvalue weighted by Gasteiger charge is -2.08. The second kappa shape index (κ2) is 6.49. The molecule has 0 fully saturated rings. The zero-order chi connectivity index (χ0) is 19.0. The van der Waals surface area contributed by atoms with E-state index in [9.17, 15) is 9.59 Å². The molecule has 0 atom stereocenters. The van der Waals surface area contributed by atoms with E-state index in [1.807, 2.05) is 0 Å². The highest BCUT2D eigenvalue weighted by atomic mass is 16.7.